The Morgan fingerprint density at radius 2 is 2.15 bits per heavy atom. The predicted molar refractivity (Wildman–Crippen MR) is 60.8 cm³/mol. The Kier molecular flexibility index (Phi) is 4.30. The van der Waals surface area contributed by atoms with E-state index in [0.717, 1.165) is 5.56 Å². The summed E-state index contributed by atoms with van der Waals surface area (Å²) < 4.78 is -1.23. The molecular formula is C8H7BrCl3N. The van der Waals surface area contributed by atoms with Gasteiger partial charge in [0.15, 0.2) is 3.79 Å². The Morgan fingerprint density at radius 1 is 1.46 bits per heavy atom. The van der Waals surface area contributed by atoms with Crippen molar-refractivity contribution in [3.63, 3.8) is 0 Å². The summed E-state index contributed by atoms with van der Waals surface area (Å²) in [6.07, 6.45) is 3.87. The van der Waals surface area contributed by atoms with Gasteiger partial charge < -0.3 is 0 Å². The molecule has 1 aromatic heterocycles. The summed E-state index contributed by atoms with van der Waals surface area (Å²) in [5.74, 6) is 0. The molecule has 0 unspecified atom stereocenters. The number of hydrogen-bond acceptors (Lipinski definition) is 1. The molecule has 0 amide bonds. The standard InChI is InChI=1S/C8H7BrCl3N/c9-7(4-8(10,11)12)6-2-1-3-13-5-6/h1-3,5,7H,4H2/t7-/m0/s1. The molecule has 72 valence electrons. The van der Waals surface area contributed by atoms with E-state index in [2.05, 4.69) is 20.9 Å². The Balaban J connectivity index is 2.64. The second-order valence-corrected chi connectivity index (χ2v) is 6.19. The van der Waals surface area contributed by atoms with Gasteiger partial charge in [0.05, 0.1) is 0 Å². The van der Waals surface area contributed by atoms with E-state index in [1.54, 1.807) is 12.4 Å². The number of halogens is 4. The van der Waals surface area contributed by atoms with E-state index >= 15 is 0 Å². The van der Waals surface area contributed by atoms with Crippen molar-refractivity contribution in [2.75, 3.05) is 0 Å². The first kappa shape index (κ1) is 11.6. The van der Waals surface area contributed by atoms with Gasteiger partial charge in [-0.1, -0.05) is 56.8 Å². The van der Waals surface area contributed by atoms with Crippen molar-refractivity contribution in [3.05, 3.63) is 30.1 Å². The van der Waals surface area contributed by atoms with E-state index in [9.17, 15) is 0 Å². The van der Waals surface area contributed by atoms with Crippen LogP contribution in [0.25, 0.3) is 0 Å². The minimum absolute atomic E-state index is 0.0219. The van der Waals surface area contributed by atoms with Crippen LogP contribution >= 0.6 is 50.7 Å². The van der Waals surface area contributed by atoms with E-state index in [1.807, 2.05) is 12.1 Å². The molecule has 0 radical (unpaired) electrons. The molecule has 1 heterocycles. The quantitative estimate of drug-likeness (QED) is 0.743. The van der Waals surface area contributed by atoms with Crippen LogP contribution in [-0.2, 0) is 0 Å². The SMILES string of the molecule is ClC(Cl)(Cl)C[C@H](Br)c1cccnc1. The molecule has 0 spiro atoms. The third-order valence-electron chi connectivity index (χ3n) is 1.46. The molecule has 5 heteroatoms. The van der Waals surface area contributed by atoms with Crippen molar-refractivity contribution in [3.8, 4) is 0 Å². The van der Waals surface area contributed by atoms with Crippen LogP contribution in [0.15, 0.2) is 24.5 Å². The summed E-state index contributed by atoms with van der Waals surface area (Å²) >= 11 is 20.4. The summed E-state index contributed by atoms with van der Waals surface area (Å²) in [5, 5.41) is 0. The Hall–Kier alpha value is 0.500. The van der Waals surface area contributed by atoms with Gasteiger partial charge in [-0.15, -0.1) is 0 Å². The third-order valence-corrected chi connectivity index (χ3v) is 2.77. The van der Waals surface area contributed by atoms with Crippen molar-refractivity contribution in [2.24, 2.45) is 0 Å². The first-order valence-corrected chi connectivity index (χ1v) is 5.65. The fraction of sp³-hybridized carbons (Fsp3) is 0.375. The van der Waals surface area contributed by atoms with E-state index in [-0.39, 0.29) is 4.83 Å². The zero-order valence-electron chi connectivity index (χ0n) is 6.55. The third kappa shape index (κ3) is 4.50. The molecule has 0 N–H and O–H groups in total. The topological polar surface area (TPSA) is 12.9 Å². The molecule has 0 aliphatic rings. The molecule has 0 bridgehead atoms. The first-order chi connectivity index (χ1) is 5.99. The second kappa shape index (κ2) is 4.83. The van der Waals surface area contributed by atoms with Crippen LogP contribution in [0.3, 0.4) is 0 Å². The average molecular weight is 303 g/mol. The van der Waals surface area contributed by atoms with Gasteiger partial charge in [0, 0.05) is 23.6 Å². The summed E-state index contributed by atoms with van der Waals surface area (Å²) in [5.41, 5.74) is 1.01. The van der Waals surface area contributed by atoms with Gasteiger partial charge in [-0.25, -0.2) is 0 Å². The Bertz CT molecular complexity index is 260. The molecule has 0 saturated carbocycles. The number of aromatic nitrogens is 1. The van der Waals surface area contributed by atoms with E-state index in [4.69, 9.17) is 34.8 Å². The van der Waals surface area contributed by atoms with Gasteiger partial charge in [0.25, 0.3) is 0 Å². The maximum absolute atomic E-state index is 5.66. The van der Waals surface area contributed by atoms with Gasteiger partial charge in [-0.05, 0) is 11.6 Å². The Labute approximate surface area is 101 Å². The fourth-order valence-corrected chi connectivity index (χ4v) is 2.66. The average Bonchev–Trinajstić information content (AvgIpc) is 2.03. The Morgan fingerprint density at radius 3 is 2.62 bits per heavy atom. The molecule has 1 rings (SSSR count). The van der Waals surface area contributed by atoms with Crippen LogP contribution < -0.4 is 0 Å². The minimum Gasteiger partial charge on any atom is -0.264 e. The maximum Gasteiger partial charge on any atom is 0.192 e. The number of pyridine rings is 1. The number of alkyl halides is 4. The van der Waals surface area contributed by atoms with Gasteiger partial charge in [0.2, 0.25) is 0 Å². The summed E-state index contributed by atoms with van der Waals surface area (Å²) in [6.45, 7) is 0. The highest BCUT2D eigenvalue weighted by atomic mass is 79.9. The van der Waals surface area contributed by atoms with Crippen molar-refractivity contribution >= 4 is 50.7 Å². The van der Waals surface area contributed by atoms with E-state index in [1.165, 1.54) is 0 Å². The van der Waals surface area contributed by atoms with Crippen LogP contribution in [0.4, 0.5) is 0 Å². The predicted octanol–water partition coefficient (Wildman–Crippen LogP) is 4.28. The van der Waals surface area contributed by atoms with E-state index < -0.39 is 3.79 Å². The van der Waals surface area contributed by atoms with Gasteiger partial charge in [-0.3, -0.25) is 4.98 Å². The lowest BCUT2D eigenvalue weighted by Crippen LogP contribution is -2.06. The van der Waals surface area contributed by atoms with Gasteiger partial charge in [0.1, 0.15) is 0 Å². The summed E-state index contributed by atoms with van der Waals surface area (Å²) in [6, 6.07) is 3.78. The van der Waals surface area contributed by atoms with Crippen molar-refractivity contribution in [2.45, 2.75) is 15.0 Å². The molecule has 1 aromatic rings. The fourth-order valence-electron chi connectivity index (χ4n) is 0.882. The van der Waals surface area contributed by atoms with Crippen LogP contribution in [0, 0.1) is 0 Å². The number of nitrogens with zero attached hydrogens (tertiary/aromatic N) is 1. The minimum atomic E-state index is -1.23. The van der Waals surface area contributed by atoms with Crippen LogP contribution in [0.5, 0.6) is 0 Å². The molecule has 0 aliphatic carbocycles. The molecule has 13 heavy (non-hydrogen) atoms. The van der Waals surface area contributed by atoms with Gasteiger partial charge >= 0.3 is 0 Å². The smallest absolute Gasteiger partial charge is 0.192 e. The van der Waals surface area contributed by atoms with Crippen molar-refractivity contribution < 1.29 is 0 Å². The number of hydrogen-bond donors (Lipinski definition) is 0. The zero-order valence-corrected chi connectivity index (χ0v) is 10.4. The molecular weight excluding hydrogens is 296 g/mol. The van der Waals surface area contributed by atoms with Crippen molar-refractivity contribution in [1.82, 2.24) is 4.98 Å². The highest BCUT2D eigenvalue weighted by Gasteiger charge is 2.24. The molecule has 0 aromatic carbocycles. The lowest BCUT2D eigenvalue weighted by molar-refractivity contribution is 0.838. The lowest BCUT2D eigenvalue weighted by atomic mass is 10.2. The van der Waals surface area contributed by atoms with Crippen molar-refractivity contribution in [1.29, 1.82) is 0 Å². The lowest BCUT2D eigenvalue weighted by Gasteiger charge is -2.15. The van der Waals surface area contributed by atoms with Gasteiger partial charge in [-0.2, -0.15) is 0 Å². The number of rotatable bonds is 2. The molecule has 1 atom stereocenters. The highest BCUT2D eigenvalue weighted by molar-refractivity contribution is 9.09. The zero-order chi connectivity index (χ0) is 9.90. The largest absolute Gasteiger partial charge is 0.264 e. The maximum atomic E-state index is 5.66. The molecule has 0 saturated heterocycles. The van der Waals surface area contributed by atoms with Crippen LogP contribution in [0.1, 0.15) is 16.8 Å². The normalized spacial score (nSPS) is 14.2. The second-order valence-electron chi connectivity index (χ2n) is 2.57. The first-order valence-electron chi connectivity index (χ1n) is 3.60. The summed E-state index contributed by atoms with van der Waals surface area (Å²) in [7, 11) is 0. The van der Waals surface area contributed by atoms with Crippen LogP contribution in [0.2, 0.25) is 0 Å². The monoisotopic (exact) mass is 301 g/mol. The van der Waals surface area contributed by atoms with Crippen LogP contribution in [-0.4, -0.2) is 8.78 Å². The highest BCUT2D eigenvalue weighted by Crippen LogP contribution is 2.39. The molecule has 0 fully saturated rings. The van der Waals surface area contributed by atoms with E-state index in [0.29, 0.717) is 6.42 Å². The summed E-state index contributed by atoms with van der Waals surface area (Å²) in [4.78, 5) is 4.00. The molecule has 0 aliphatic heterocycles. The molecule has 1 nitrogen and oxygen atoms in total.